The molecule has 2 aromatic heterocycles. The minimum atomic E-state index is -0.0864. The highest BCUT2D eigenvalue weighted by molar-refractivity contribution is 6.17. The Kier molecular flexibility index (Phi) is 4.60. The highest BCUT2D eigenvalue weighted by Gasteiger charge is 2.28. The smallest absolute Gasteiger partial charge is 0.216 e. The summed E-state index contributed by atoms with van der Waals surface area (Å²) in [6.07, 6.45) is 2.26. The zero-order chi connectivity index (χ0) is 23.4. The largest absolute Gasteiger partial charge is 0.454 e. The molecule has 2 heteroatoms. The molecular weight excluding hydrogens is 414 g/mol. The minimum absolute atomic E-state index is 0.0864. The Hall–Kier alpha value is -3.91. The van der Waals surface area contributed by atoms with Gasteiger partial charge in [0, 0.05) is 33.2 Å². The van der Waals surface area contributed by atoms with Crippen molar-refractivity contribution in [3.8, 4) is 11.3 Å². The maximum absolute atomic E-state index is 6.64. The van der Waals surface area contributed by atoms with Crippen LogP contribution in [-0.4, -0.2) is 0 Å². The fourth-order valence-electron chi connectivity index (χ4n) is 5.24. The summed E-state index contributed by atoms with van der Waals surface area (Å²) < 4.78 is 8.88. The van der Waals surface area contributed by atoms with Gasteiger partial charge in [-0.1, -0.05) is 86.6 Å². The second kappa shape index (κ2) is 7.56. The summed E-state index contributed by atoms with van der Waals surface area (Å²) in [4.78, 5) is 0. The Morgan fingerprint density at radius 1 is 0.647 bits per heavy atom. The van der Waals surface area contributed by atoms with E-state index >= 15 is 0 Å². The molecule has 2 nitrogen and oxygen atoms in total. The van der Waals surface area contributed by atoms with Crippen LogP contribution in [0.2, 0.25) is 0 Å². The van der Waals surface area contributed by atoms with Gasteiger partial charge in [0.05, 0.1) is 5.56 Å². The van der Waals surface area contributed by atoms with Crippen molar-refractivity contribution in [2.75, 3.05) is 0 Å². The van der Waals surface area contributed by atoms with E-state index in [1.807, 2.05) is 0 Å². The number of hydrogen-bond acceptors (Lipinski definition) is 1. The molecule has 0 saturated heterocycles. The molecule has 0 fully saturated rings. The minimum Gasteiger partial charge on any atom is -0.454 e. The number of rotatable bonds is 3. The van der Waals surface area contributed by atoms with Crippen molar-refractivity contribution in [1.82, 2.24) is 0 Å². The number of benzene rings is 4. The fourth-order valence-corrected chi connectivity index (χ4v) is 5.24. The first-order valence-electron chi connectivity index (χ1n) is 11.8. The normalized spacial score (nSPS) is 12.1. The van der Waals surface area contributed by atoms with Gasteiger partial charge in [-0.2, -0.15) is 0 Å². The van der Waals surface area contributed by atoms with Crippen LogP contribution >= 0.6 is 0 Å². The molecule has 0 aliphatic heterocycles. The number of aryl methyl sites for hydroxylation is 2. The van der Waals surface area contributed by atoms with Crippen LogP contribution in [0.3, 0.4) is 0 Å². The summed E-state index contributed by atoms with van der Waals surface area (Å²) in [6, 6.07) is 32.4. The lowest BCUT2D eigenvalue weighted by atomic mass is 9.79. The van der Waals surface area contributed by atoms with Crippen LogP contribution in [0.4, 0.5) is 0 Å². The van der Waals surface area contributed by atoms with E-state index in [0.717, 1.165) is 33.2 Å². The highest BCUT2D eigenvalue weighted by atomic mass is 16.3. The summed E-state index contributed by atoms with van der Waals surface area (Å²) in [7, 11) is 2.14. The lowest BCUT2D eigenvalue weighted by molar-refractivity contribution is -0.660. The van der Waals surface area contributed by atoms with E-state index in [9.17, 15) is 0 Å². The first-order chi connectivity index (χ1) is 16.4. The summed E-state index contributed by atoms with van der Waals surface area (Å²) in [5.74, 6) is 0. The summed E-state index contributed by atoms with van der Waals surface area (Å²) in [6.45, 7) is 6.74. The number of hydrogen-bond donors (Lipinski definition) is 0. The van der Waals surface area contributed by atoms with E-state index in [0.29, 0.717) is 0 Å². The standard InChI is InChI=1S/C32H28NO/c1-21-14-17-27-26-18-15-22-10-8-9-13-25(22)30(26)34-31(27)29(21)28-19-16-24(20-33(28)4)32(2,3)23-11-6-5-7-12-23/h5-20H,1-4H3/q+1. The number of aromatic nitrogens is 1. The Morgan fingerprint density at radius 2 is 1.35 bits per heavy atom. The van der Waals surface area contributed by atoms with Gasteiger partial charge in [-0.25, -0.2) is 4.57 Å². The van der Waals surface area contributed by atoms with Crippen molar-refractivity contribution < 1.29 is 8.98 Å². The Labute approximate surface area is 200 Å². The number of nitrogens with zero attached hydrogens (tertiary/aromatic N) is 1. The predicted octanol–water partition coefficient (Wildman–Crippen LogP) is 7.87. The molecule has 0 radical (unpaired) electrons. The molecule has 0 spiro atoms. The zero-order valence-corrected chi connectivity index (χ0v) is 20.1. The van der Waals surface area contributed by atoms with Crippen molar-refractivity contribution in [1.29, 1.82) is 0 Å². The SMILES string of the molecule is Cc1ccc2c(oc3c4ccccc4ccc23)c1-c1ccc(C(C)(C)c2ccccc2)c[n+]1C. The van der Waals surface area contributed by atoms with E-state index in [1.165, 1.54) is 27.5 Å². The van der Waals surface area contributed by atoms with Gasteiger partial charge < -0.3 is 4.42 Å². The highest BCUT2D eigenvalue weighted by Crippen LogP contribution is 2.40. The molecule has 0 unspecified atom stereocenters. The first-order valence-corrected chi connectivity index (χ1v) is 11.8. The predicted molar refractivity (Wildman–Crippen MR) is 141 cm³/mol. The lowest BCUT2D eigenvalue weighted by Gasteiger charge is -2.25. The van der Waals surface area contributed by atoms with E-state index in [4.69, 9.17) is 4.42 Å². The van der Waals surface area contributed by atoms with Crippen molar-refractivity contribution in [2.24, 2.45) is 7.05 Å². The van der Waals surface area contributed by atoms with E-state index in [-0.39, 0.29) is 5.41 Å². The molecule has 6 aromatic rings. The third-order valence-electron chi connectivity index (χ3n) is 7.35. The number of fused-ring (bicyclic) bond motifs is 5. The van der Waals surface area contributed by atoms with Gasteiger partial charge >= 0.3 is 0 Å². The molecule has 0 saturated carbocycles. The lowest BCUT2D eigenvalue weighted by Crippen LogP contribution is -2.34. The second-order valence-electron chi connectivity index (χ2n) is 9.80. The first kappa shape index (κ1) is 20.7. The van der Waals surface area contributed by atoms with E-state index in [1.54, 1.807) is 0 Å². The quantitative estimate of drug-likeness (QED) is 0.255. The van der Waals surface area contributed by atoms with Crippen LogP contribution in [0.15, 0.2) is 102 Å². The van der Waals surface area contributed by atoms with Crippen LogP contribution < -0.4 is 4.57 Å². The maximum Gasteiger partial charge on any atom is 0.216 e. The molecule has 0 bridgehead atoms. The second-order valence-corrected chi connectivity index (χ2v) is 9.80. The van der Waals surface area contributed by atoms with Gasteiger partial charge in [0.25, 0.3) is 0 Å². The summed E-state index contributed by atoms with van der Waals surface area (Å²) in [5, 5.41) is 4.68. The molecule has 0 N–H and O–H groups in total. The molecule has 0 aliphatic carbocycles. The van der Waals surface area contributed by atoms with Crippen molar-refractivity contribution in [3.05, 3.63) is 114 Å². The molecule has 6 rings (SSSR count). The van der Waals surface area contributed by atoms with Crippen LogP contribution in [-0.2, 0) is 12.5 Å². The van der Waals surface area contributed by atoms with Crippen LogP contribution in [0.1, 0.15) is 30.5 Å². The van der Waals surface area contributed by atoms with Gasteiger partial charge in [-0.05, 0) is 35.6 Å². The topological polar surface area (TPSA) is 17.0 Å². The van der Waals surface area contributed by atoms with Crippen LogP contribution in [0.25, 0.3) is 44.0 Å². The molecule has 0 aliphatic rings. The van der Waals surface area contributed by atoms with Gasteiger partial charge in [0.2, 0.25) is 5.69 Å². The molecule has 166 valence electrons. The molecule has 0 atom stereocenters. The van der Waals surface area contributed by atoms with E-state index < -0.39 is 0 Å². The molecule has 2 heterocycles. The van der Waals surface area contributed by atoms with Crippen molar-refractivity contribution >= 4 is 32.7 Å². The Morgan fingerprint density at radius 3 is 2.15 bits per heavy atom. The van der Waals surface area contributed by atoms with Gasteiger partial charge in [0.15, 0.2) is 6.20 Å². The summed E-state index contributed by atoms with van der Waals surface area (Å²) in [5.41, 5.74) is 7.94. The van der Waals surface area contributed by atoms with Crippen LogP contribution in [0.5, 0.6) is 0 Å². The van der Waals surface area contributed by atoms with Crippen molar-refractivity contribution in [2.45, 2.75) is 26.2 Å². The molecular formula is C32H28NO+. The van der Waals surface area contributed by atoms with Crippen molar-refractivity contribution in [3.63, 3.8) is 0 Å². The third kappa shape index (κ3) is 3.06. The Bertz CT molecular complexity index is 1690. The number of pyridine rings is 1. The molecule has 0 amide bonds. The third-order valence-corrected chi connectivity index (χ3v) is 7.35. The molecule has 4 aromatic carbocycles. The summed E-state index contributed by atoms with van der Waals surface area (Å²) >= 11 is 0. The molecule has 34 heavy (non-hydrogen) atoms. The maximum atomic E-state index is 6.64. The van der Waals surface area contributed by atoms with Gasteiger partial charge in [-0.15, -0.1) is 0 Å². The van der Waals surface area contributed by atoms with E-state index in [2.05, 4.69) is 130 Å². The average molecular weight is 443 g/mol. The fraction of sp³-hybridized carbons (Fsp3) is 0.156. The van der Waals surface area contributed by atoms with Gasteiger partial charge in [0.1, 0.15) is 18.2 Å². The average Bonchev–Trinajstić information content (AvgIpc) is 3.24. The monoisotopic (exact) mass is 442 g/mol. The number of furan rings is 1. The van der Waals surface area contributed by atoms with Gasteiger partial charge in [-0.3, -0.25) is 0 Å². The Balaban J connectivity index is 1.56. The van der Waals surface area contributed by atoms with Crippen LogP contribution in [0, 0.1) is 6.92 Å². The zero-order valence-electron chi connectivity index (χ0n) is 20.1.